The number of benzene rings is 1. The molecule has 0 aromatic heterocycles. The van der Waals surface area contributed by atoms with Gasteiger partial charge in [-0.3, -0.25) is 0 Å². The molecular formula is C15H20O4Se. The summed E-state index contributed by atoms with van der Waals surface area (Å²) < 4.78 is 18.8. The van der Waals surface area contributed by atoms with Crippen LogP contribution in [0.3, 0.4) is 0 Å². The van der Waals surface area contributed by atoms with Gasteiger partial charge in [-0.1, -0.05) is 0 Å². The van der Waals surface area contributed by atoms with E-state index in [4.69, 9.17) is 4.74 Å². The molecule has 1 unspecified atom stereocenters. The van der Waals surface area contributed by atoms with E-state index in [1.807, 2.05) is 30.3 Å². The summed E-state index contributed by atoms with van der Waals surface area (Å²) in [7, 11) is 0. The number of rotatable bonds is 3. The fourth-order valence-corrected chi connectivity index (χ4v) is 6.22. The minimum absolute atomic E-state index is 0.235. The van der Waals surface area contributed by atoms with E-state index in [-0.39, 0.29) is 16.9 Å². The summed E-state index contributed by atoms with van der Waals surface area (Å²) in [5, 5.41) is 10.5. The number of hydrogen-bond donors (Lipinski definition) is 1. The maximum absolute atomic E-state index is 12.8. The summed E-state index contributed by atoms with van der Waals surface area (Å²) in [5.41, 5.74) is -0.959. The Morgan fingerprint density at radius 1 is 1.40 bits per heavy atom. The van der Waals surface area contributed by atoms with Gasteiger partial charge in [0, 0.05) is 0 Å². The van der Waals surface area contributed by atoms with Crippen molar-refractivity contribution in [2.24, 2.45) is 0 Å². The van der Waals surface area contributed by atoms with Crippen LogP contribution >= 0.6 is 0 Å². The van der Waals surface area contributed by atoms with Gasteiger partial charge in [-0.2, -0.15) is 0 Å². The monoisotopic (exact) mass is 344 g/mol. The molecule has 0 radical (unpaired) electrons. The molecule has 0 bridgehead atoms. The zero-order valence-electron chi connectivity index (χ0n) is 11.7. The molecule has 4 nitrogen and oxygen atoms in total. The van der Waals surface area contributed by atoms with Crippen LogP contribution < -0.4 is 4.46 Å². The Kier molecular flexibility index (Phi) is 4.74. The summed E-state index contributed by atoms with van der Waals surface area (Å²) >= 11 is -2.39. The standard InChI is InChI=1S/C15H20O4Se/c1-11(16)19-12-8-9-15(2,17)14(10-12)20(18)13-6-4-3-5-7-13/h3-7,12,14,17H,8-10H2,1-2H3/t12-,14+,15+,20?/m1/s1. The van der Waals surface area contributed by atoms with Gasteiger partial charge in [0.2, 0.25) is 0 Å². The van der Waals surface area contributed by atoms with Gasteiger partial charge in [-0.05, 0) is 0 Å². The topological polar surface area (TPSA) is 63.6 Å². The number of aliphatic hydroxyl groups is 1. The van der Waals surface area contributed by atoms with Crippen molar-refractivity contribution in [1.82, 2.24) is 0 Å². The van der Waals surface area contributed by atoms with Gasteiger partial charge in [0.25, 0.3) is 0 Å². The predicted molar refractivity (Wildman–Crippen MR) is 76.3 cm³/mol. The van der Waals surface area contributed by atoms with Crippen molar-refractivity contribution in [2.45, 2.75) is 49.6 Å². The van der Waals surface area contributed by atoms with Crippen molar-refractivity contribution in [3.05, 3.63) is 30.3 Å². The van der Waals surface area contributed by atoms with Gasteiger partial charge in [-0.15, -0.1) is 0 Å². The summed E-state index contributed by atoms with van der Waals surface area (Å²) in [6.45, 7) is 3.11. The first-order chi connectivity index (χ1) is 9.40. The van der Waals surface area contributed by atoms with Crippen LogP contribution in [0.1, 0.15) is 33.1 Å². The summed E-state index contributed by atoms with van der Waals surface area (Å²) in [6.07, 6.45) is 1.36. The van der Waals surface area contributed by atoms with Gasteiger partial charge >= 0.3 is 123 Å². The average Bonchev–Trinajstić information content (AvgIpc) is 2.40. The Morgan fingerprint density at radius 2 is 2.05 bits per heavy atom. The van der Waals surface area contributed by atoms with Crippen LogP contribution in [0, 0.1) is 0 Å². The maximum atomic E-state index is 12.8. The number of hydrogen-bond acceptors (Lipinski definition) is 4. The zero-order chi connectivity index (χ0) is 14.8. The molecule has 0 amide bonds. The first kappa shape index (κ1) is 15.4. The second-order valence-corrected chi connectivity index (χ2v) is 8.89. The quantitative estimate of drug-likeness (QED) is 0.668. The van der Waals surface area contributed by atoms with Gasteiger partial charge in [-0.25, -0.2) is 0 Å². The molecule has 1 aliphatic carbocycles. The number of esters is 1. The summed E-state index contributed by atoms with van der Waals surface area (Å²) in [6, 6.07) is 9.26. The van der Waals surface area contributed by atoms with E-state index in [0.717, 1.165) is 4.46 Å². The molecule has 0 spiro atoms. The Balaban J connectivity index is 2.17. The van der Waals surface area contributed by atoms with E-state index >= 15 is 0 Å². The Bertz CT molecular complexity index is 498. The van der Waals surface area contributed by atoms with Crippen molar-refractivity contribution in [1.29, 1.82) is 0 Å². The molecule has 1 aromatic carbocycles. The molecule has 0 heterocycles. The molecule has 4 atom stereocenters. The van der Waals surface area contributed by atoms with E-state index in [1.54, 1.807) is 6.92 Å². The van der Waals surface area contributed by atoms with Gasteiger partial charge < -0.3 is 0 Å². The molecule has 1 saturated carbocycles. The summed E-state index contributed by atoms with van der Waals surface area (Å²) in [5.74, 6) is -0.322. The fourth-order valence-electron chi connectivity index (χ4n) is 2.60. The van der Waals surface area contributed by atoms with Gasteiger partial charge in [0.1, 0.15) is 0 Å². The van der Waals surface area contributed by atoms with Crippen LogP contribution in [0.4, 0.5) is 0 Å². The van der Waals surface area contributed by atoms with Crippen LogP contribution in [0.5, 0.6) is 0 Å². The minimum atomic E-state index is -2.39. The van der Waals surface area contributed by atoms with Crippen LogP contribution in [-0.2, 0) is 13.4 Å². The molecule has 2 rings (SSSR count). The first-order valence-corrected chi connectivity index (χ1v) is 9.30. The summed E-state index contributed by atoms with van der Waals surface area (Å²) in [4.78, 5) is 10.7. The normalized spacial score (nSPS) is 31.6. The van der Waals surface area contributed by atoms with E-state index in [0.29, 0.717) is 19.3 Å². The molecule has 0 saturated heterocycles. The van der Waals surface area contributed by atoms with Crippen LogP contribution in [0.2, 0.25) is 4.82 Å². The third kappa shape index (κ3) is 3.54. The predicted octanol–water partition coefficient (Wildman–Crippen LogP) is 1.55. The Morgan fingerprint density at radius 3 is 2.65 bits per heavy atom. The molecule has 1 fully saturated rings. The second-order valence-electron chi connectivity index (χ2n) is 5.46. The van der Waals surface area contributed by atoms with Gasteiger partial charge in [0.05, 0.1) is 0 Å². The Hall–Kier alpha value is -1.03. The third-order valence-electron chi connectivity index (χ3n) is 3.71. The van der Waals surface area contributed by atoms with Crippen LogP contribution in [0.25, 0.3) is 0 Å². The van der Waals surface area contributed by atoms with Crippen molar-refractivity contribution in [3.63, 3.8) is 0 Å². The molecule has 110 valence electrons. The molecule has 0 aliphatic heterocycles. The third-order valence-corrected chi connectivity index (χ3v) is 7.81. The average molecular weight is 343 g/mol. The number of carbonyl (C=O) groups excluding carboxylic acids is 1. The van der Waals surface area contributed by atoms with Crippen molar-refractivity contribution < 1.29 is 18.5 Å². The molecular weight excluding hydrogens is 323 g/mol. The van der Waals surface area contributed by atoms with E-state index in [1.165, 1.54) is 6.92 Å². The fraction of sp³-hybridized carbons (Fsp3) is 0.533. The first-order valence-electron chi connectivity index (χ1n) is 6.75. The Labute approximate surface area is 123 Å². The van der Waals surface area contributed by atoms with E-state index < -0.39 is 19.4 Å². The zero-order valence-corrected chi connectivity index (χ0v) is 13.5. The molecule has 5 heteroatoms. The van der Waals surface area contributed by atoms with Crippen LogP contribution in [0.15, 0.2) is 30.3 Å². The van der Waals surface area contributed by atoms with Crippen molar-refractivity contribution >= 4 is 24.3 Å². The number of ether oxygens (including phenoxy) is 1. The molecule has 1 N–H and O–H groups in total. The van der Waals surface area contributed by atoms with Crippen LogP contribution in [-0.4, -0.2) is 36.6 Å². The van der Waals surface area contributed by atoms with Crippen molar-refractivity contribution in [3.8, 4) is 0 Å². The molecule has 20 heavy (non-hydrogen) atoms. The van der Waals surface area contributed by atoms with E-state index in [2.05, 4.69) is 0 Å². The second kappa shape index (κ2) is 6.17. The van der Waals surface area contributed by atoms with Gasteiger partial charge in [0.15, 0.2) is 0 Å². The SMILES string of the molecule is CC(=O)O[C@@H]1CC[C@](C)(O)[C@@H]([Se](=O)c2ccccc2)C1. The molecule has 1 aromatic rings. The van der Waals surface area contributed by atoms with E-state index in [9.17, 15) is 13.7 Å². The van der Waals surface area contributed by atoms with Crippen molar-refractivity contribution in [2.75, 3.05) is 0 Å². The number of carbonyl (C=O) groups is 1. The molecule has 1 aliphatic rings.